The summed E-state index contributed by atoms with van der Waals surface area (Å²) in [5.74, 6) is 0.884. The zero-order chi connectivity index (χ0) is 14.1. The topological polar surface area (TPSA) is 85.3 Å². The Morgan fingerprint density at radius 1 is 1.42 bits per heavy atom. The Morgan fingerprint density at radius 3 is 2.58 bits per heavy atom. The maximum atomic E-state index is 12.3. The molecule has 0 aliphatic heterocycles. The first kappa shape index (κ1) is 14.6. The lowest BCUT2D eigenvalue weighted by atomic mass is 9.89. The van der Waals surface area contributed by atoms with Gasteiger partial charge >= 0.3 is 0 Å². The summed E-state index contributed by atoms with van der Waals surface area (Å²) in [6.45, 7) is 4.47. The molecule has 1 fully saturated rings. The molecule has 0 amide bonds. The zero-order valence-electron chi connectivity index (χ0n) is 11.5. The predicted molar refractivity (Wildman–Crippen MR) is 73.1 cm³/mol. The van der Waals surface area contributed by atoms with Crippen LogP contribution in [0.4, 0.5) is 0 Å². The minimum absolute atomic E-state index is 0.0847. The fourth-order valence-corrected chi connectivity index (χ4v) is 4.04. The Balaban J connectivity index is 2.11. The molecule has 0 aromatic carbocycles. The van der Waals surface area contributed by atoms with Crippen LogP contribution in [0.15, 0.2) is 15.4 Å². The molecule has 0 spiro atoms. The number of hydrogen-bond acceptors (Lipinski definition) is 4. The summed E-state index contributed by atoms with van der Waals surface area (Å²) in [4.78, 5) is 0.203. The molecule has 1 aliphatic carbocycles. The molecule has 19 heavy (non-hydrogen) atoms. The Labute approximate surface area is 114 Å². The fourth-order valence-electron chi connectivity index (χ4n) is 2.64. The van der Waals surface area contributed by atoms with Gasteiger partial charge in [-0.1, -0.05) is 19.8 Å². The highest BCUT2D eigenvalue weighted by Crippen LogP contribution is 2.37. The van der Waals surface area contributed by atoms with E-state index in [9.17, 15) is 8.42 Å². The van der Waals surface area contributed by atoms with Crippen LogP contribution in [-0.4, -0.2) is 15.0 Å². The smallest absolute Gasteiger partial charge is 0.244 e. The van der Waals surface area contributed by atoms with E-state index in [1.165, 1.54) is 18.9 Å². The average Bonchev–Trinajstić information content (AvgIpc) is 2.94. The molecule has 1 saturated carbocycles. The van der Waals surface area contributed by atoms with Gasteiger partial charge in [0.2, 0.25) is 10.0 Å². The van der Waals surface area contributed by atoms with Crippen molar-refractivity contribution < 1.29 is 12.8 Å². The van der Waals surface area contributed by atoms with Crippen LogP contribution in [0.25, 0.3) is 0 Å². The van der Waals surface area contributed by atoms with Gasteiger partial charge in [-0.3, -0.25) is 0 Å². The molecule has 6 heteroatoms. The molecule has 5 nitrogen and oxygen atoms in total. The molecule has 2 rings (SSSR count). The van der Waals surface area contributed by atoms with Crippen LogP contribution < -0.4 is 10.5 Å². The number of furan rings is 1. The van der Waals surface area contributed by atoms with Crippen LogP contribution in [-0.2, 0) is 16.6 Å². The van der Waals surface area contributed by atoms with Crippen molar-refractivity contribution in [1.82, 2.24) is 4.72 Å². The maximum absolute atomic E-state index is 12.3. The molecule has 1 aliphatic rings. The molecule has 0 bridgehead atoms. The highest BCUT2D eigenvalue weighted by atomic mass is 32.2. The molecule has 1 aromatic heterocycles. The van der Waals surface area contributed by atoms with Crippen molar-refractivity contribution in [1.29, 1.82) is 0 Å². The fraction of sp³-hybridized carbons (Fsp3) is 0.692. The standard InChI is InChI=1S/C13H22N2O3S/c1-10-12(7-11(8-14)18-10)19(16,17)15-9-13(2)5-3-4-6-13/h7,15H,3-6,8-9,14H2,1-2H3. The number of hydrogen-bond donors (Lipinski definition) is 2. The second-order valence-electron chi connectivity index (χ2n) is 5.68. The summed E-state index contributed by atoms with van der Waals surface area (Å²) < 4.78 is 32.5. The van der Waals surface area contributed by atoms with Crippen molar-refractivity contribution in [2.45, 2.75) is 51.0 Å². The average molecular weight is 286 g/mol. The predicted octanol–water partition coefficient (Wildman–Crippen LogP) is 1.91. The van der Waals surface area contributed by atoms with E-state index >= 15 is 0 Å². The summed E-state index contributed by atoms with van der Waals surface area (Å²) in [6.07, 6.45) is 4.52. The molecule has 1 aromatic rings. The van der Waals surface area contributed by atoms with Gasteiger partial charge in [0.15, 0.2) is 0 Å². The number of aryl methyl sites for hydroxylation is 1. The van der Waals surface area contributed by atoms with Gasteiger partial charge in [0.05, 0.1) is 6.54 Å². The van der Waals surface area contributed by atoms with Crippen LogP contribution in [0.3, 0.4) is 0 Å². The van der Waals surface area contributed by atoms with Gasteiger partial charge in [-0.25, -0.2) is 13.1 Å². The molecule has 0 atom stereocenters. The zero-order valence-corrected chi connectivity index (χ0v) is 12.3. The normalized spacial score (nSPS) is 18.9. The van der Waals surface area contributed by atoms with Gasteiger partial charge in [-0.05, 0) is 25.2 Å². The van der Waals surface area contributed by atoms with Crippen molar-refractivity contribution in [3.05, 3.63) is 17.6 Å². The van der Waals surface area contributed by atoms with Crippen molar-refractivity contribution >= 4 is 10.0 Å². The first-order valence-electron chi connectivity index (χ1n) is 6.65. The molecule has 108 valence electrons. The van der Waals surface area contributed by atoms with Crippen molar-refractivity contribution in [2.24, 2.45) is 11.1 Å². The van der Waals surface area contributed by atoms with E-state index in [-0.39, 0.29) is 16.9 Å². The molecule has 0 radical (unpaired) electrons. The maximum Gasteiger partial charge on any atom is 0.244 e. The van der Waals surface area contributed by atoms with Crippen molar-refractivity contribution in [3.63, 3.8) is 0 Å². The molecule has 0 saturated heterocycles. The van der Waals surface area contributed by atoms with E-state index in [1.807, 2.05) is 0 Å². The van der Waals surface area contributed by atoms with E-state index in [4.69, 9.17) is 10.2 Å². The number of rotatable bonds is 5. The van der Waals surface area contributed by atoms with Gasteiger partial charge in [-0.15, -0.1) is 0 Å². The highest BCUT2D eigenvalue weighted by molar-refractivity contribution is 7.89. The van der Waals surface area contributed by atoms with E-state index in [0.29, 0.717) is 18.1 Å². The van der Waals surface area contributed by atoms with Crippen LogP contribution in [0.2, 0.25) is 0 Å². The third-order valence-electron chi connectivity index (χ3n) is 3.91. The highest BCUT2D eigenvalue weighted by Gasteiger charge is 2.31. The van der Waals surface area contributed by atoms with E-state index in [0.717, 1.165) is 12.8 Å². The number of nitrogens with two attached hydrogens (primary N) is 1. The van der Waals surface area contributed by atoms with Crippen LogP contribution in [0.1, 0.15) is 44.1 Å². The summed E-state index contributed by atoms with van der Waals surface area (Å²) in [5, 5.41) is 0. The SMILES string of the molecule is Cc1oc(CN)cc1S(=O)(=O)NCC1(C)CCCC1. The first-order chi connectivity index (χ1) is 8.86. The Hall–Kier alpha value is -0.850. The first-order valence-corrected chi connectivity index (χ1v) is 8.14. The quantitative estimate of drug-likeness (QED) is 0.865. The number of nitrogens with one attached hydrogen (secondary N) is 1. The van der Waals surface area contributed by atoms with E-state index < -0.39 is 10.0 Å². The van der Waals surface area contributed by atoms with Gasteiger partial charge in [0.1, 0.15) is 16.4 Å². The monoisotopic (exact) mass is 286 g/mol. The second kappa shape index (κ2) is 5.26. The van der Waals surface area contributed by atoms with Gasteiger partial charge in [0.25, 0.3) is 0 Å². The lowest BCUT2D eigenvalue weighted by molar-refractivity contribution is 0.336. The summed E-state index contributed by atoms with van der Waals surface area (Å²) in [5.41, 5.74) is 5.55. The Bertz CT molecular complexity index is 542. The third-order valence-corrected chi connectivity index (χ3v) is 5.42. The molecular formula is C13H22N2O3S. The molecule has 0 unspecified atom stereocenters. The van der Waals surface area contributed by atoms with Crippen LogP contribution in [0.5, 0.6) is 0 Å². The lowest BCUT2D eigenvalue weighted by Gasteiger charge is -2.23. The van der Waals surface area contributed by atoms with Crippen LogP contribution in [0, 0.1) is 12.3 Å². The number of sulfonamides is 1. The summed E-state index contributed by atoms with van der Waals surface area (Å²) >= 11 is 0. The van der Waals surface area contributed by atoms with Gasteiger partial charge < -0.3 is 10.2 Å². The van der Waals surface area contributed by atoms with Gasteiger partial charge in [-0.2, -0.15) is 0 Å². The van der Waals surface area contributed by atoms with E-state index in [2.05, 4.69) is 11.6 Å². The van der Waals surface area contributed by atoms with Gasteiger partial charge in [0, 0.05) is 12.6 Å². The Morgan fingerprint density at radius 2 is 2.05 bits per heavy atom. The largest absolute Gasteiger partial charge is 0.464 e. The molecular weight excluding hydrogens is 264 g/mol. The van der Waals surface area contributed by atoms with Crippen molar-refractivity contribution in [3.8, 4) is 0 Å². The minimum Gasteiger partial charge on any atom is -0.464 e. The van der Waals surface area contributed by atoms with E-state index in [1.54, 1.807) is 6.92 Å². The molecule has 1 heterocycles. The third kappa shape index (κ3) is 3.19. The Kier molecular flexibility index (Phi) is 4.03. The summed E-state index contributed by atoms with van der Waals surface area (Å²) in [7, 11) is -3.51. The van der Waals surface area contributed by atoms with Crippen molar-refractivity contribution in [2.75, 3.05) is 6.54 Å². The second-order valence-corrected chi connectivity index (χ2v) is 7.41. The summed E-state index contributed by atoms with van der Waals surface area (Å²) in [6, 6.07) is 1.51. The van der Waals surface area contributed by atoms with Crippen LogP contribution >= 0.6 is 0 Å². The lowest BCUT2D eigenvalue weighted by Crippen LogP contribution is -2.34. The minimum atomic E-state index is -3.51. The molecule has 3 N–H and O–H groups in total.